The molecule has 1 aromatic carbocycles. The Morgan fingerprint density at radius 3 is 2.94 bits per heavy atom. The van der Waals surface area contributed by atoms with Crippen molar-refractivity contribution >= 4 is 15.9 Å². The number of benzene rings is 1. The van der Waals surface area contributed by atoms with Crippen molar-refractivity contribution in [2.24, 2.45) is 0 Å². The molecule has 0 aliphatic rings. The second kappa shape index (κ2) is 5.07. The van der Waals surface area contributed by atoms with Crippen molar-refractivity contribution in [3.05, 3.63) is 58.6 Å². The van der Waals surface area contributed by atoms with Crippen LogP contribution in [0.15, 0.2) is 47.2 Å². The average Bonchev–Trinajstić information content (AvgIpc) is 2.32. The molecule has 2 aromatic rings. The first-order valence-corrected chi connectivity index (χ1v) is 5.52. The van der Waals surface area contributed by atoms with Gasteiger partial charge < -0.3 is 4.74 Å². The zero-order chi connectivity index (χ0) is 11.4. The molecule has 0 bridgehead atoms. The minimum Gasteiger partial charge on any atom is -0.488 e. The number of nitrogens with zero attached hydrogens (tertiary/aromatic N) is 1. The summed E-state index contributed by atoms with van der Waals surface area (Å²) in [6.45, 7) is 0.371. The van der Waals surface area contributed by atoms with E-state index in [4.69, 9.17) is 4.74 Å². The molecular weight excluding hydrogens is 273 g/mol. The van der Waals surface area contributed by atoms with Crippen molar-refractivity contribution in [2.75, 3.05) is 0 Å². The molecule has 0 amide bonds. The van der Waals surface area contributed by atoms with Gasteiger partial charge in [-0.15, -0.1) is 0 Å². The van der Waals surface area contributed by atoms with Crippen molar-refractivity contribution in [3.8, 4) is 5.75 Å². The number of pyridine rings is 1. The van der Waals surface area contributed by atoms with E-state index in [0.717, 1.165) is 10.0 Å². The SMILES string of the molecule is Fc1ccc(Br)c(OCc2cccnc2)c1. The van der Waals surface area contributed by atoms with Crippen molar-refractivity contribution in [3.63, 3.8) is 0 Å². The lowest BCUT2D eigenvalue weighted by molar-refractivity contribution is 0.302. The number of rotatable bonds is 3. The van der Waals surface area contributed by atoms with Gasteiger partial charge in [0.1, 0.15) is 18.2 Å². The third-order valence-electron chi connectivity index (χ3n) is 2.01. The molecule has 16 heavy (non-hydrogen) atoms. The summed E-state index contributed by atoms with van der Waals surface area (Å²) in [5.41, 5.74) is 0.943. The molecule has 0 aliphatic carbocycles. The molecule has 0 aliphatic heterocycles. The van der Waals surface area contributed by atoms with Gasteiger partial charge in [-0.1, -0.05) is 6.07 Å². The molecule has 2 nitrogen and oxygen atoms in total. The summed E-state index contributed by atoms with van der Waals surface area (Å²) in [7, 11) is 0. The van der Waals surface area contributed by atoms with Gasteiger partial charge in [-0.2, -0.15) is 0 Å². The normalized spacial score (nSPS) is 10.1. The van der Waals surface area contributed by atoms with E-state index in [9.17, 15) is 4.39 Å². The fourth-order valence-electron chi connectivity index (χ4n) is 1.23. The van der Waals surface area contributed by atoms with Crippen molar-refractivity contribution in [1.29, 1.82) is 0 Å². The highest BCUT2D eigenvalue weighted by molar-refractivity contribution is 9.10. The Labute approximate surface area is 101 Å². The maximum absolute atomic E-state index is 13.0. The molecule has 0 spiro atoms. The second-order valence-corrected chi connectivity index (χ2v) is 4.08. The van der Waals surface area contributed by atoms with Gasteiger partial charge in [-0.05, 0) is 34.1 Å². The van der Waals surface area contributed by atoms with E-state index < -0.39 is 0 Å². The number of halogens is 2. The first-order valence-electron chi connectivity index (χ1n) is 4.72. The zero-order valence-electron chi connectivity index (χ0n) is 8.36. The van der Waals surface area contributed by atoms with Crippen LogP contribution in [0.4, 0.5) is 4.39 Å². The maximum Gasteiger partial charge on any atom is 0.136 e. The van der Waals surface area contributed by atoms with Crippen LogP contribution in [0.5, 0.6) is 5.75 Å². The van der Waals surface area contributed by atoms with Crippen LogP contribution in [-0.4, -0.2) is 4.98 Å². The van der Waals surface area contributed by atoms with E-state index in [2.05, 4.69) is 20.9 Å². The van der Waals surface area contributed by atoms with Crippen LogP contribution >= 0.6 is 15.9 Å². The Morgan fingerprint density at radius 1 is 1.31 bits per heavy atom. The number of ether oxygens (including phenoxy) is 1. The largest absolute Gasteiger partial charge is 0.488 e. The predicted octanol–water partition coefficient (Wildman–Crippen LogP) is 3.56. The average molecular weight is 282 g/mol. The topological polar surface area (TPSA) is 22.1 Å². The molecule has 1 heterocycles. The maximum atomic E-state index is 13.0. The molecule has 0 N–H and O–H groups in total. The Bertz CT molecular complexity index is 476. The van der Waals surface area contributed by atoms with Crippen LogP contribution in [0.1, 0.15) is 5.56 Å². The Morgan fingerprint density at radius 2 is 2.19 bits per heavy atom. The van der Waals surface area contributed by atoms with Gasteiger partial charge in [0.15, 0.2) is 0 Å². The summed E-state index contributed by atoms with van der Waals surface area (Å²) in [6, 6.07) is 8.08. The molecule has 0 unspecified atom stereocenters. The van der Waals surface area contributed by atoms with E-state index >= 15 is 0 Å². The van der Waals surface area contributed by atoms with E-state index in [0.29, 0.717) is 12.4 Å². The monoisotopic (exact) mass is 281 g/mol. The van der Waals surface area contributed by atoms with Crippen LogP contribution < -0.4 is 4.74 Å². The lowest BCUT2D eigenvalue weighted by Gasteiger charge is -2.07. The molecule has 4 heteroatoms. The molecule has 0 fully saturated rings. The predicted molar refractivity (Wildman–Crippen MR) is 62.7 cm³/mol. The molecular formula is C12H9BrFNO. The molecule has 0 saturated heterocycles. The van der Waals surface area contributed by atoms with Crippen molar-refractivity contribution in [1.82, 2.24) is 4.98 Å². The molecule has 1 aromatic heterocycles. The fourth-order valence-corrected chi connectivity index (χ4v) is 1.59. The molecule has 0 atom stereocenters. The van der Waals surface area contributed by atoms with Gasteiger partial charge in [0.25, 0.3) is 0 Å². The van der Waals surface area contributed by atoms with Gasteiger partial charge in [0, 0.05) is 24.0 Å². The minimum absolute atomic E-state index is 0.315. The highest BCUT2D eigenvalue weighted by Crippen LogP contribution is 2.26. The number of hydrogen-bond donors (Lipinski definition) is 0. The van der Waals surface area contributed by atoms with Crippen LogP contribution in [0.25, 0.3) is 0 Å². The summed E-state index contributed by atoms with van der Waals surface area (Å²) in [5.74, 6) is 0.174. The Hall–Kier alpha value is -1.42. The zero-order valence-corrected chi connectivity index (χ0v) is 9.95. The van der Waals surface area contributed by atoms with Gasteiger partial charge in [0.05, 0.1) is 4.47 Å². The lowest BCUT2D eigenvalue weighted by atomic mass is 10.3. The standard InChI is InChI=1S/C12H9BrFNO/c13-11-4-3-10(14)6-12(11)16-8-9-2-1-5-15-7-9/h1-7H,8H2. The van der Waals surface area contributed by atoms with Crippen molar-refractivity contribution < 1.29 is 9.13 Å². The van der Waals surface area contributed by atoms with Crippen LogP contribution in [0, 0.1) is 5.82 Å². The number of hydrogen-bond acceptors (Lipinski definition) is 2. The fraction of sp³-hybridized carbons (Fsp3) is 0.0833. The molecule has 0 saturated carbocycles. The molecule has 0 radical (unpaired) electrons. The van der Waals surface area contributed by atoms with E-state index in [1.54, 1.807) is 18.5 Å². The summed E-state index contributed by atoms with van der Waals surface area (Å²) in [4.78, 5) is 3.97. The lowest BCUT2D eigenvalue weighted by Crippen LogP contribution is -1.96. The number of aromatic nitrogens is 1. The van der Waals surface area contributed by atoms with Crippen LogP contribution in [0.2, 0.25) is 0 Å². The minimum atomic E-state index is -0.315. The van der Waals surface area contributed by atoms with Gasteiger partial charge in [-0.3, -0.25) is 4.98 Å². The highest BCUT2D eigenvalue weighted by Gasteiger charge is 2.03. The third-order valence-corrected chi connectivity index (χ3v) is 2.67. The third kappa shape index (κ3) is 2.79. The van der Waals surface area contributed by atoms with Gasteiger partial charge >= 0.3 is 0 Å². The van der Waals surface area contributed by atoms with E-state index in [-0.39, 0.29) is 5.82 Å². The first kappa shape index (κ1) is 11.1. The summed E-state index contributed by atoms with van der Waals surface area (Å²) >= 11 is 3.30. The Kier molecular flexibility index (Phi) is 3.51. The van der Waals surface area contributed by atoms with Gasteiger partial charge in [0.2, 0.25) is 0 Å². The second-order valence-electron chi connectivity index (χ2n) is 3.22. The smallest absolute Gasteiger partial charge is 0.136 e. The molecule has 2 rings (SSSR count). The van der Waals surface area contributed by atoms with Crippen molar-refractivity contribution in [2.45, 2.75) is 6.61 Å². The quantitative estimate of drug-likeness (QED) is 0.858. The molecule has 82 valence electrons. The van der Waals surface area contributed by atoms with E-state index in [1.807, 2.05) is 12.1 Å². The summed E-state index contributed by atoms with van der Waals surface area (Å²) < 4.78 is 19.2. The van der Waals surface area contributed by atoms with Crippen LogP contribution in [-0.2, 0) is 6.61 Å². The first-order chi connectivity index (χ1) is 7.75. The Balaban J connectivity index is 2.08. The van der Waals surface area contributed by atoms with Crippen LogP contribution in [0.3, 0.4) is 0 Å². The summed E-state index contributed by atoms with van der Waals surface area (Å²) in [5, 5.41) is 0. The van der Waals surface area contributed by atoms with E-state index in [1.165, 1.54) is 12.1 Å². The summed E-state index contributed by atoms with van der Waals surface area (Å²) in [6.07, 6.45) is 3.41. The highest BCUT2D eigenvalue weighted by atomic mass is 79.9. The van der Waals surface area contributed by atoms with Gasteiger partial charge in [-0.25, -0.2) is 4.39 Å².